The quantitative estimate of drug-likeness (QED) is 0.892. The van der Waals surface area contributed by atoms with Gasteiger partial charge < -0.3 is 19.6 Å². The number of carbonyl (C=O) groups excluding carboxylic acids is 2. The van der Waals surface area contributed by atoms with Crippen molar-refractivity contribution in [3.05, 3.63) is 29.8 Å². The molecule has 1 fully saturated rings. The smallest absolute Gasteiger partial charge is 0.410 e. The van der Waals surface area contributed by atoms with E-state index >= 15 is 0 Å². The second-order valence-corrected chi connectivity index (χ2v) is 7.75. The molecule has 25 heavy (non-hydrogen) atoms. The van der Waals surface area contributed by atoms with Crippen LogP contribution in [0.1, 0.15) is 39.2 Å². The Kier molecular flexibility index (Phi) is 4.49. The van der Waals surface area contributed by atoms with E-state index in [0.29, 0.717) is 32.5 Å². The molecule has 0 saturated carbocycles. The third-order valence-corrected chi connectivity index (χ3v) is 4.96. The van der Waals surface area contributed by atoms with Crippen LogP contribution in [0.3, 0.4) is 0 Å². The average Bonchev–Trinajstić information content (AvgIpc) is 2.78. The first-order valence-corrected chi connectivity index (χ1v) is 8.79. The number of hydrogen-bond acceptors (Lipinski definition) is 4. The number of benzene rings is 1. The van der Waals surface area contributed by atoms with Gasteiger partial charge in [0.1, 0.15) is 5.60 Å². The number of para-hydroxylation sites is 1. The van der Waals surface area contributed by atoms with Gasteiger partial charge in [-0.05, 0) is 45.2 Å². The van der Waals surface area contributed by atoms with Gasteiger partial charge in [-0.25, -0.2) is 4.79 Å². The van der Waals surface area contributed by atoms with E-state index in [1.807, 2.05) is 45.0 Å². The van der Waals surface area contributed by atoms with Crippen LogP contribution in [0.2, 0.25) is 0 Å². The van der Waals surface area contributed by atoms with E-state index in [1.165, 1.54) is 0 Å². The van der Waals surface area contributed by atoms with Gasteiger partial charge in [0, 0.05) is 25.3 Å². The SMILES string of the molecule is CC(C)(C)OC(=O)N1CCC2(CC1)C(=O)N(CCO)c1ccccc12. The van der Waals surface area contributed by atoms with Crippen molar-refractivity contribution in [1.82, 2.24) is 4.90 Å². The maximum absolute atomic E-state index is 13.1. The summed E-state index contributed by atoms with van der Waals surface area (Å²) in [6.07, 6.45) is 0.821. The molecule has 2 aliphatic heterocycles. The molecule has 6 nitrogen and oxygen atoms in total. The van der Waals surface area contributed by atoms with Crippen molar-refractivity contribution in [2.24, 2.45) is 0 Å². The first-order chi connectivity index (χ1) is 11.8. The van der Waals surface area contributed by atoms with Crippen LogP contribution in [0.4, 0.5) is 10.5 Å². The molecule has 1 aromatic carbocycles. The normalized spacial score (nSPS) is 19.3. The van der Waals surface area contributed by atoms with Crippen molar-refractivity contribution in [1.29, 1.82) is 0 Å². The molecule has 2 aliphatic rings. The van der Waals surface area contributed by atoms with Crippen molar-refractivity contribution in [3.63, 3.8) is 0 Å². The van der Waals surface area contributed by atoms with Gasteiger partial charge >= 0.3 is 6.09 Å². The average molecular weight is 346 g/mol. The highest BCUT2D eigenvalue weighted by atomic mass is 16.6. The number of anilines is 1. The summed E-state index contributed by atoms with van der Waals surface area (Å²) >= 11 is 0. The van der Waals surface area contributed by atoms with Crippen molar-refractivity contribution in [3.8, 4) is 0 Å². The van der Waals surface area contributed by atoms with Crippen LogP contribution in [0.25, 0.3) is 0 Å². The Hall–Kier alpha value is -2.08. The zero-order chi connectivity index (χ0) is 18.2. The number of aliphatic hydroxyl groups is 1. The summed E-state index contributed by atoms with van der Waals surface area (Å²) in [7, 11) is 0. The summed E-state index contributed by atoms with van der Waals surface area (Å²) in [5.74, 6) is 0.0339. The fraction of sp³-hybridized carbons (Fsp3) is 0.579. The molecular weight excluding hydrogens is 320 g/mol. The predicted octanol–water partition coefficient (Wildman–Crippen LogP) is 2.29. The van der Waals surface area contributed by atoms with Gasteiger partial charge in [0.15, 0.2) is 0 Å². The number of ether oxygens (including phenoxy) is 1. The Morgan fingerprint density at radius 2 is 1.88 bits per heavy atom. The van der Waals surface area contributed by atoms with Gasteiger partial charge in [-0.3, -0.25) is 4.79 Å². The molecule has 1 aromatic rings. The summed E-state index contributed by atoms with van der Waals surface area (Å²) < 4.78 is 5.44. The number of hydrogen-bond donors (Lipinski definition) is 1. The number of aliphatic hydroxyl groups excluding tert-OH is 1. The lowest BCUT2D eigenvalue weighted by atomic mass is 9.74. The molecule has 6 heteroatoms. The Morgan fingerprint density at radius 3 is 2.48 bits per heavy atom. The number of amides is 2. The summed E-state index contributed by atoms with van der Waals surface area (Å²) in [4.78, 5) is 28.8. The Morgan fingerprint density at radius 1 is 1.24 bits per heavy atom. The Balaban J connectivity index is 1.80. The van der Waals surface area contributed by atoms with E-state index in [4.69, 9.17) is 4.74 Å². The fourth-order valence-corrected chi connectivity index (χ4v) is 3.80. The fourth-order valence-electron chi connectivity index (χ4n) is 3.80. The van der Waals surface area contributed by atoms with E-state index in [9.17, 15) is 14.7 Å². The second kappa shape index (κ2) is 6.33. The van der Waals surface area contributed by atoms with Crippen molar-refractivity contribution < 1.29 is 19.4 Å². The topological polar surface area (TPSA) is 70.1 Å². The van der Waals surface area contributed by atoms with E-state index in [1.54, 1.807) is 9.80 Å². The monoisotopic (exact) mass is 346 g/mol. The lowest BCUT2D eigenvalue weighted by Gasteiger charge is -2.38. The first-order valence-electron chi connectivity index (χ1n) is 8.79. The van der Waals surface area contributed by atoms with Gasteiger partial charge in [0.2, 0.25) is 5.91 Å². The van der Waals surface area contributed by atoms with Gasteiger partial charge in [0.25, 0.3) is 0 Å². The zero-order valence-electron chi connectivity index (χ0n) is 15.1. The maximum atomic E-state index is 13.1. The Labute approximate surface area is 148 Å². The van der Waals surface area contributed by atoms with E-state index in [0.717, 1.165) is 11.3 Å². The molecule has 2 heterocycles. The molecule has 136 valence electrons. The second-order valence-electron chi connectivity index (χ2n) is 7.75. The molecule has 0 aromatic heterocycles. The van der Waals surface area contributed by atoms with Crippen molar-refractivity contribution in [2.45, 2.75) is 44.6 Å². The number of fused-ring (bicyclic) bond motifs is 2. The number of nitrogens with zero attached hydrogens (tertiary/aromatic N) is 2. The predicted molar refractivity (Wildman–Crippen MR) is 94.6 cm³/mol. The third kappa shape index (κ3) is 3.11. The highest BCUT2D eigenvalue weighted by molar-refractivity contribution is 6.08. The van der Waals surface area contributed by atoms with Crippen LogP contribution in [0.15, 0.2) is 24.3 Å². The van der Waals surface area contributed by atoms with Crippen molar-refractivity contribution in [2.75, 3.05) is 31.1 Å². The number of rotatable bonds is 2. The molecule has 0 atom stereocenters. The standard InChI is InChI=1S/C19H26N2O4/c1-18(2,3)25-17(24)20-10-8-19(9-11-20)14-6-4-5-7-15(14)21(12-13-22)16(19)23/h4-7,22H,8-13H2,1-3H3. The zero-order valence-corrected chi connectivity index (χ0v) is 15.1. The number of carbonyl (C=O) groups is 2. The first kappa shape index (κ1) is 17.7. The van der Waals surface area contributed by atoms with Crippen LogP contribution in [0.5, 0.6) is 0 Å². The van der Waals surface area contributed by atoms with E-state index in [-0.39, 0.29) is 18.6 Å². The number of piperidine rings is 1. The summed E-state index contributed by atoms with van der Waals surface area (Å²) in [5, 5.41) is 9.32. The van der Waals surface area contributed by atoms with Crippen LogP contribution in [-0.4, -0.2) is 53.8 Å². The molecule has 0 aliphatic carbocycles. The summed E-state index contributed by atoms with van der Waals surface area (Å²) in [6, 6.07) is 7.77. The summed E-state index contributed by atoms with van der Waals surface area (Å²) in [6.45, 7) is 6.75. The molecule has 1 N–H and O–H groups in total. The minimum Gasteiger partial charge on any atom is -0.444 e. The highest BCUT2D eigenvalue weighted by Gasteiger charge is 2.52. The van der Waals surface area contributed by atoms with Crippen LogP contribution in [-0.2, 0) is 14.9 Å². The van der Waals surface area contributed by atoms with Gasteiger partial charge in [-0.2, -0.15) is 0 Å². The van der Waals surface area contributed by atoms with E-state index < -0.39 is 11.0 Å². The molecule has 1 saturated heterocycles. The largest absolute Gasteiger partial charge is 0.444 e. The molecule has 1 spiro atoms. The molecular formula is C19H26N2O4. The van der Waals surface area contributed by atoms with Crippen LogP contribution < -0.4 is 4.90 Å². The van der Waals surface area contributed by atoms with Gasteiger partial charge in [-0.15, -0.1) is 0 Å². The highest BCUT2D eigenvalue weighted by Crippen LogP contribution is 2.47. The summed E-state index contributed by atoms with van der Waals surface area (Å²) in [5.41, 5.74) is 0.772. The number of β-amino-alcohol motifs (C(OH)–C–C–N with tert-alkyl or cyclic N) is 1. The third-order valence-electron chi connectivity index (χ3n) is 4.96. The molecule has 0 unspecified atom stereocenters. The lowest BCUT2D eigenvalue weighted by Crippen LogP contribution is -2.51. The molecule has 3 rings (SSSR count). The van der Waals surface area contributed by atoms with Crippen LogP contribution in [0, 0.1) is 0 Å². The van der Waals surface area contributed by atoms with Gasteiger partial charge in [0.05, 0.1) is 12.0 Å². The van der Waals surface area contributed by atoms with Gasteiger partial charge in [-0.1, -0.05) is 18.2 Å². The lowest BCUT2D eigenvalue weighted by molar-refractivity contribution is -0.125. The van der Waals surface area contributed by atoms with Crippen LogP contribution >= 0.6 is 0 Å². The molecule has 2 amide bonds. The minimum atomic E-state index is -0.593. The van der Waals surface area contributed by atoms with E-state index in [2.05, 4.69) is 0 Å². The molecule has 0 radical (unpaired) electrons. The maximum Gasteiger partial charge on any atom is 0.410 e. The minimum absolute atomic E-state index is 0.0339. The van der Waals surface area contributed by atoms with Crippen molar-refractivity contribution >= 4 is 17.7 Å². The number of likely N-dealkylation sites (tertiary alicyclic amines) is 1. The Bertz CT molecular complexity index is 672. The molecule has 0 bridgehead atoms.